The number of carbonyl (C=O) groups excluding carboxylic acids is 1. The molecule has 0 N–H and O–H groups in total. The summed E-state index contributed by atoms with van der Waals surface area (Å²) in [5.41, 5.74) is -0.416. The molecule has 1 unspecified atom stereocenters. The second-order valence-electron chi connectivity index (χ2n) is 8.57. The van der Waals surface area contributed by atoms with E-state index < -0.39 is 34.3 Å². The summed E-state index contributed by atoms with van der Waals surface area (Å²) >= 11 is 0. The highest BCUT2D eigenvalue weighted by molar-refractivity contribution is 5.64. The molecule has 3 aromatic rings. The van der Waals surface area contributed by atoms with Gasteiger partial charge in [0.25, 0.3) is 5.69 Å². The van der Waals surface area contributed by atoms with Crippen LogP contribution in [0.2, 0.25) is 0 Å². The van der Waals surface area contributed by atoms with E-state index in [1.165, 1.54) is 41.1 Å². The van der Waals surface area contributed by atoms with Gasteiger partial charge in [0.15, 0.2) is 0 Å². The van der Waals surface area contributed by atoms with Crippen molar-refractivity contribution in [2.75, 3.05) is 0 Å². The fourth-order valence-corrected chi connectivity index (χ4v) is 2.98. The predicted octanol–water partition coefficient (Wildman–Crippen LogP) is 6.11. The lowest BCUT2D eigenvalue weighted by molar-refractivity contribution is -0.384. The van der Waals surface area contributed by atoms with Gasteiger partial charge in [0, 0.05) is 29.3 Å². The zero-order valence-electron chi connectivity index (χ0n) is 18.6. The first-order valence-corrected chi connectivity index (χ1v) is 10.2. The Kier molecular flexibility index (Phi) is 6.94. The minimum absolute atomic E-state index is 0.0898. The average Bonchev–Trinajstić information content (AvgIpc) is 3.21. The Balaban J connectivity index is 1.68. The maximum atomic E-state index is 12.8. The molecule has 1 atom stereocenters. The molecule has 0 spiro atoms. The molecular formula is C23H22F3N3O5. The molecule has 0 radical (unpaired) electrons. The molecule has 2 aromatic carbocycles. The molecule has 0 saturated heterocycles. The second kappa shape index (κ2) is 9.54. The van der Waals surface area contributed by atoms with Crippen LogP contribution in [0.1, 0.15) is 26.3 Å². The molecule has 34 heavy (non-hydrogen) atoms. The minimum atomic E-state index is -4.42. The highest BCUT2D eigenvalue weighted by atomic mass is 19.4. The maximum Gasteiger partial charge on any atom is 0.514 e. The smallest absolute Gasteiger partial charge is 0.428 e. The molecule has 180 valence electrons. The number of hydrogen-bond acceptors (Lipinski definition) is 6. The van der Waals surface area contributed by atoms with Crippen LogP contribution in [-0.4, -0.2) is 27.0 Å². The fourth-order valence-electron chi connectivity index (χ4n) is 2.98. The van der Waals surface area contributed by atoms with E-state index in [4.69, 9.17) is 9.47 Å². The van der Waals surface area contributed by atoms with E-state index in [0.717, 1.165) is 12.1 Å². The van der Waals surface area contributed by atoms with E-state index in [0.29, 0.717) is 11.3 Å². The number of hydrogen-bond donors (Lipinski definition) is 0. The molecule has 11 heteroatoms. The van der Waals surface area contributed by atoms with Crippen molar-refractivity contribution in [3.8, 4) is 17.0 Å². The highest BCUT2D eigenvalue weighted by Gasteiger charge is 2.31. The van der Waals surface area contributed by atoms with Gasteiger partial charge in [-0.3, -0.25) is 14.8 Å². The summed E-state index contributed by atoms with van der Waals surface area (Å²) in [6, 6.07) is 11.3. The topological polar surface area (TPSA) is 96.5 Å². The molecule has 0 fully saturated rings. The molecule has 0 bridgehead atoms. The van der Waals surface area contributed by atoms with E-state index in [1.807, 2.05) is 20.8 Å². The van der Waals surface area contributed by atoms with Crippen molar-refractivity contribution in [3.63, 3.8) is 0 Å². The monoisotopic (exact) mass is 477 g/mol. The number of rotatable bonds is 6. The summed E-state index contributed by atoms with van der Waals surface area (Å²) < 4.78 is 50.5. The van der Waals surface area contributed by atoms with Crippen LogP contribution in [0.5, 0.6) is 5.75 Å². The Hall–Kier alpha value is -3.89. The van der Waals surface area contributed by atoms with Crippen molar-refractivity contribution in [3.05, 3.63) is 76.5 Å². The molecule has 0 aliphatic carbocycles. The Morgan fingerprint density at radius 2 is 1.68 bits per heavy atom. The van der Waals surface area contributed by atoms with Gasteiger partial charge in [-0.05, 0) is 30.3 Å². The van der Waals surface area contributed by atoms with Crippen molar-refractivity contribution < 1.29 is 32.4 Å². The number of ether oxygens (including phenoxy) is 2. The zero-order valence-corrected chi connectivity index (χ0v) is 18.6. The maximum absolute atomic E-state index is 12.8. The number of nitro benzene ring substituents is 1. The van der Waals surface area contributed by atoms with E-state index in [1.54, 1.807) is 12.3 Å². The number of halogens is 3. The van der Waals surface area contributed by atoms with E-state index in [9.17, 15) is 28.1 Å². The normalized spacial score (nSPS) is 12.8. The summed E-state index contributed by atoms with van der Waals surface area (Å²) in [6.07, 6.45) is -4.43. The first-order chi connectivity index (χ1) is 15.8. The van der Waals surface area contributed by atoms with Crippen LogP contribution in [0.25, 0.3) is 11.3 Å². The first-order valence-electron chi connectivity index (χ1n) is 10.2. The lowest BCUT2D eigenvalue weighted by Gasteiger charge is -2.29. The third-order valence-electron chi connectivity index (χ3n) is 4.95. The lowest BCUT2D eigenvalue weighted by Crippen LogP contribution is -2.36. The van der Waals surface area contributed by atoms with Gasteiger partial charge in [0.05, 0.1) is 22.7 Å². The van der Waals surface area contributed by atoms with Crippen molar-refractivity contribution in [2.24, 2.45) is 5.41 Å². The first kappa shape index (κ1) is 24.7. The van der Waals surface area contributed by atoms with Crippen LogP contribution < -0.4 is 4.74 Å². The van der Waals surface area contributed by atoms with E-state index in [-0.39, 0.29) is 18.0 Å². The second-order valence-corrected chi connectivity index (χ2v) is 8.57. The standard InChI is InChI=1S/C23H22F3N3O5/c1-22(2,3)20(34-21(30)33-18-10-8-17(9-11-18)29(31)32)14-28-13-12-19(27-28)15-4-6-16(7-5-15)23(24,25)26/h4-13,20H,14H2,1-3H3. The molecule has 0 aliphatic rings. The number of alkyl halides is 3. The summed E-state index contributed by atoms with van der Waals surface area (Å²) in [6.45, 7) is 5.74. The van der Waals surface area contributed by atoms with Gasteiger partial charge in [-0.25, -0.2) is 4.79 Å². The molecule has 0 saturated carbocycles. The van der Waals surface area contributed by atoms with Gasteiger partial charge in [-0.15, -0.1) is 0 Å². The minimum Gasteiger partial charge on any atom is -0.428 e. The molecule has 3 rings (SSSR count). The van der Waals surface area contributed by atoms with Crippen LogP contribution in [0, 0.1) is 15.5 Å². The summed E-state index contributed by atoms with van der Waals surface area (Å²) in [5.74, 6) is 0.0898. The number of nitrogens with zero attached hydrogens (tertiary/aromatic N) is 3. The number of aromatic nitrogens is 2. The molecule has 0 amide bonds. The Bertz CT molecular complexity index is 1150. The predicted molar refractivity (Wildman–Crippen MR) is 116 cm³/mol. The van der Waals surface area contributed by atoms with Crippen molar-refractivity contribution in [1.29, 1.82) is 0 Å². The fraction of sp³-hybridized carbons (Fsp3) is 0.304. The third-order valence-corrected chi connectivity index (χ3v) is 4.95. The Labute approximate surface area is 193 Å². The summed E-state index contributed by atoms with van der Waals surface area (Å²) in [4.78, 5) is 22.5. The van der Waals surface area contributed by atoms with Crippen LogP contribution in [0.15, 0.2) is 60.8 Å². The van der Waals surface area contributed by atoms with Gasteiger partial charge in [0.1, 0.15) is 11.9 Å². The lowest BCUT2D eigenvalue weighted by atomic mass is 9.89. The largest absolute Gasteiger partial charge is 0.514 e. The Morgan fingerprint density at radius 3 is 2.21 bits per heavy atom. The quantitative estimate of drug-likeness (QED) is 0.184. The van der Waals surface area contributed by atoms with Gasteiger partial charge in [-0.1, -0.05) is 32.9 Å². The molecule has 8 nitrogen and oxygen atoms in total. The summed E-state index contributed by atoms with van der Waals surface area (Å²) in [7, 11) is 0. The Morgan fingerprint density at radius 1 is 1.06 bits per heavy atom. The van der Waals surface area contributed by atoms with Gasteiger partial charge in [-0.2, -0.15) is 18.3 Å². The van der Waals surface area contributed by atoms with E-state index in [2.05, 4.69) is 5.10 Å². The highest BCUT2D eigenvalue weighted by Crippen LogP contribution is 2.31. The van der Waals surface area contributed by atoms with Gasteiger partial charge < -0.3 is 9.47 Å². The molecular weight excluding hydrogens is 455 g/mol. The zero-order chi connectivity index (χ0) is 25.1. The average molecular weight is 477 g/mol. The van der Waals surface area contributed by atoms with Crippen LogP contribution in [0.4, 0.5) is 23.7 Å². The summed E-state index contributed by atoms with van der Waals surface area (Å²) in [5, 5.41) is 15.1. The number of nitro groups is 1. The van der Waals surface area contributed by atoms with Crippen molar-refractivity contribution in [1.82, 2.24) is 9.78 Å². The number of benzene rings is 2. The van der Waals surface area contributed by atoms with Gasteiger partial charge >= 0.3 is 12.3 Å². The van der Waals surface area contributed by atoms with Crippen molar-refractivity contribution in [2.45, 2.75) is 39.6 Å². The molecule has 1 aromatic heterocycles. The number of non-ortho nitro benzene ring substituents is 1. The SMILES string of the molecule is CC(C)(C)C(Cn1ccc(-c2ccc(C(F)(F)F)cc2)n1)OC(=O)Oc1ccc([N+](=O)[O-])cc1. The van der Waals surface area contributed by atoms with E-state index >= 15 is 0 Å². The molecule has 0 aliphatic heterocycles. The van der Waals surface area contributed by atoms with Crippen molar-refractivity contribution >= 4 is 11.8 Å². The van der Waals surface area contributed by atoms with Gasteiger partial charge in [0.2, 0.25) is 0 Å². The van der Waals surface area contributed by atoms with Crippen LogP contribution >= 0.6 is 0 Å². The molecule has 1 heterocycles. The van der Waals surface area contributed by atoms with Crippen LogP contribution in [0.3, 0.4) is 0 Å². The number of carbonyl (C=O) groups is 1. The third kappa shape index (κ3) is 6.33. The van der Waals surface area contributed by atoms with Crippen LogP contribution in [-0.2, 0) is 17.5 Å².